The van der Waals surface area contributed by atoms with Gasteiger partial charge in [-0.15, -0.1) is 0 Å². The Balaban J connectivity index is 1.89. The topological polar surface area (TPSA) is 67.4 Å². The van der Waals surface area contributed by atoms with E-state index in [4.69, 9.17) is 4.74 Å². The normalized spacial score (nSPS) is 11.5. The van der Waals surface area contributed by atoms with Gasteiger partial charge in [0.15, 0.2) is 6.61 Å². The number of benzene rings is 2. The van der Waals surface area contributed by atoms with Crippen molar-refractivity contribution in [3.8, 4) is 5.75 Å². The third-order valence-electron chi connectivity index (χ3n) is 3.99. The van der Waals surface area contributed by atoms with E-state index in [1.54, 1.807) is 24.3 Å². The second-order valence-electron chi connectivity index (χ2n) is 6.09. The number of hydrogen-bond acceptors (Lipinski definition) is 3. The molecular weight excluding hydrogens is 396 g/mol. The van der Waals surface area contributed by atoms with Gasteiger partial charge in [0.2, 0.25) is 5.91 Å². The van der Waals surface area contributed by atoms with Gasteiger partial charge in [-0.25, -0.2) is 0 Å². The van der Waals surface area contributed by atoms with Gasteiger partial charge in [-0.1, -0.05) is 19.9 Å². The Morgan fingerprint density at radius 3 is 2.23 bits per heavy atom. The lowest BCUT2D eigenvalue weighted by Gasteiger charge is -2.13. The number of hydrogen-bond donors (Lipinski definition) is 2. The molecule has 2 aromatic rings. The van der Waals surface area contributed by atoms with E-state index >= 15 is 0 Å². The molecule has 2 amide bonds. The predicted molar refractivity (Wildman–Crippen MR) is 108 cm³/mol. The molecule has 1 atom stereocenters. The van der Waals surface area contributed by atoms with Crippen LogP contribution < -0.4 is 15.4 Å². The fourth-order valence-corrected chi connectivity index (χ4v) is 2.87. The van der Waals surface area contributed by atoms with Gasteiger partial charge in [0.05, 0.1) is 4.47 Å². The van der Waals surface area contributed by atoms with E-state index in [1.165, 1.54) is 12.5 Å². The SMILES string of the molecule is CCC(C)c1ccc(OCC(=O)Nc2ccc(NC(C)=O)cc2)c(Br)c1. The summed E-state index contributed by atoms with van der Waals surface area (Å²) >= 11 is 3.50. The first-order valence-electron chi connectivity index (χ1n) is 8.48. The van der Waals surface area contributed by atoms with Crippen LogP contribution in [0.4, 0.5) is 11.4 Å². The zero-order valence-corrected chi connectivity index (χ0v) is 16.7. The molecule has 2 N–H and O–H groups in total. The fraction of sp³-hybridized carbons (Fsp3) is 0.300. The van der Waals surface area contributed by atoms with Crippen LogP contribution in [0.25, 0.3) is 0 Å². The number of carbonyl (C=O) groups excluding carboxylic acids is 2. The van der Waals surface area contributed by atoms with E-state index in [9.17, 15) is 9.59 Å². The smallest absolute Gasteiger partial charge is 0.262 e. The summed E-state index contributed by atoms with van der Waals surface area (Å²) in [6.45, 7) is 5.68. The Morgan fingerprint density at radius 1 is 1.08 bits per heavy atom. The molecule has 0 spiro atoms. The van der Waals surface area contributed by atoms with E-state index in [-0.39, 0.29) is 18.4 Å². The number of anilines is 2. The lowest BCUT2D eigenvalue weighted by Crippen LogP contribution is -2.20. The first-order valence-corrected chi connectivity index (χ1v) is 9.28. The number of amides is 2. The number of halogens is 1. The van der Waals surface area contributed by atoms with Crippen molar-refractivity contribution in [2.24, 2.45) is 0 Å². The minimum atomic E-state index is -0.254. The molecule has 0 aromatic heterocycles. The summed E-state index contributed by atoms with van der Waals surface area (Å²) in [6, 6.07) is 12.8. The maximum absolute atomic E-state index is 12.1. The van der Waals surface area contributed by atoms with Crippen molar-refractivity contribution in [1.29, 1.82) is 0 Å². The first kappa shape index (κ1) is 20.0. The van der Waals surface area contributed by atoms with E-state index < -0.39 is 0 Å². The predicted octanol–water partition coefficient (Wildman–Crippen LogP) is 4.94. The molecule has 0 saturated carbocycles. The van der Waals surface area contributed by atoms with E-state index in [2.05, 4.69) is 40.4 Å². The van der Waals surface area contributed by atoms with Gasteiger partial charge in [0.25, 0.3) is 5.91 Å². The Kier molecular flexibility index (Phi) is 7.21. The molecule has 138 valence electrons. The highest BCUT2D eigenvalue weighted by atomic mass is 79.9. The molecule has 2 rings (SSSR count). The molecule has 0 bridgehead atoms. The Bertz CT molecular complexity index is 775. The third kappa shape index (κ3) is 5.88. The number of ether oxygens (including phenoxy) is 1. The number of nitrogens with one attached hydrogen (secondary N) is 2. The summed E-state index contributed by atoms with van der Waals surface area (Å²) in [6.07, 6.45) is 1.07. The van der Waals surface area contributed by atoms with Crippen molar-refractivity contribution in [2.45, 2.75) is 33.1 Å². The minimum Gasteiger partial charge on any atom is -0.483 e. The monoisotopic (exact) mass is 418 g/mol. The summed E-state index contributed by atoms with van der Waals surface area (Å²) < 4.78 is 6.44. The number of rotatable bonds is 7. The van der Waals surface area contributed by atoms with Crippen molar-refractivity contribution in [2.75, 3.05) is 17.2 Å². The van der Waals surface area contributed by atoms with Gasteiger partial charge in [-0.2, -0.15) is 0 Å². The molecule has 0 heterocycles. The summed E-state index contributed by atoms with van der Waals surface area (Å²) in [4.78, 5) is 23.1. The van der Waals surface area contributed by atoms with Gasteiger partial charge in [-0.3, -0.25) is 9.59 Å². The highest BCUT2D eigenvalue weighted by Gasteiger charge is 2.09. The van der Waals surface area contributed by atoms with Crippen LogP contribution in [0, 0.1) is 0 Å². The van der Waals surface area contributed by atoms with E-state index in [1.807, 2.05) is 18.2 Å². The zero-order valence-electron chi connectivity index (χ0n) is 15.1. The largest absolute Gasteiger partial charge is 0.483 e. The molecule has 5 nitrogen and oxygen atoms in total. The molecule has 0 aliphatic carbocycles. The lowest BCUT2D eigenvalue weighted by atomic mass is 9.99. The zero-order chi connectivity index (χ0) is 19.1. The van der Waals surface area contributed by atoms with Crippen molar-refractivity contribution in [3.63, 3.8) is 0 Å². The summed E-state index contributed by atoms with van der Waals surface area (Å²) in [5, 5.41) is 5.43. The summed E-state index contributed by atoms with van der Waals surface area (Å²) in [7, 11) is 0. The maximum Gasteiger partial charge on any atom is 0.262 e. The second kappa shape index (κ2) is 9.38. The highest BCUT2D eigenvalue weighted by Crippen LogP contribution is 2.30. The number of carbonyl (C=O) groups is 2. The molecule has 6 heteroatoms. The molecule has 1 unspecified atom stereocenters. The summed E-state index contributed by atoms with van der Waals surface area (Å²) in [5.41, 5.74) is 2.55. The van der Waals surface area contributed by atoms with Crippen LogP contribution in [-0.2, 0) is 9.59 Å². The average molecular weight is 419 g/mol. The summed E-state index contributed by atoms with van der Waals surface area (Å²) in [5.74, 6) is 0.715. The van der Waals surface area contributed by atoms with Crippen molar-refractivity contribution < 1.29 is 14.3 Å². The van der Waals surface area contributed by atoms with Crippen LogP contribution in [0.3, 0.4) is 0 Å². The molecule has 0 radical (unpaired) electrons. The average Bonchev–Trinajstić information content (AvgIpc) is 2.61. The Labute approximate surface area is 162 Å². The van der Waals surface area contributed by atoms with Gasteiger partial charge < -0.3 is 15.4 Å². The van der Waals surface area contributed by atoms with Crippen LogP contribution in [-0.4, -0.2) is 18.4 Å². The van der Waals surface area contributed by atoms with Gasteiger partial charge in [-0.05, 0) is 70.2 Å². The van der Waals surface area contributed by atoms with Crippen LogP contribution in [0.2, 0.25) is 0 Å². The molecular formula is C20H23BrN2O3. The molecule has 2 aromatic carbocycles. The molecule has 0 saturated heterocycles. The van der Waals surface area contributed by atoms with Crippen LogP contribution in [0.1, 0.15) is 38.7 Å². The maximum atomic E-state index is 12.1. The fourth-order valence-electron chi connectivity index (χ4n) is 2.36. The van der Waals surface area contributed by atoms with Crippen LogP contribution in [0.15, 0.2) is 46.9 Å². The lowest BCUT2D eigenvalue weighted by molar-refractivity contribution is -0.118. The van der Waals surface area contributed by atoms with E-state index in [0.717, 1.165) is 10.9 Å². The van der Waals surface area contributed by atoms with Crippen molar-refractivity contribution >= 4 is 39.1 Å². The van der Waals surface area contributed by atoms with Crippen LogP contribution >= 0.6 is 15.9 Å². The van der Waals surface area contributed by atoms with Gasteiger partial charge in [0.1, 0.15) is 5.75 Å². The third-order valence-corrected chi connectivity index (χ3v) is 4.60. The second-order valence-corrected chi connectivity index (χ2v) is 6.95. The van der Waals surface area contributed by atoms with E-state index in [0.29, 0.717) is 23.0 Å². The molecule has 26 heavy (non-hydrogen) atoms. The minimum absolute atomic E-state index is 0.0886. The first-order chi connectivity index (χ1) is 12.4. The standard InChI is InChI=1S/C20H23BrN2O3/c1-4-13(2)15-5-10-19(18(21)11-15)26-12-20(25)23-17-8-6-16(7-9-17)22-14(3)24/h5-11,13H,4,12H2,1-3H3,(H,22,24)(H,23,25). The quantitative estimate of drug-likeness (QED) is 0.668. The van der Waals surface area contributed by atoms with Crippen molar-refractivity contribution in [3.05, 3.63) is 52.5 Å². The van der Waals surface area contributed by atoms with Crippen LogP contribution in [0.5, 0.6) is 5.75 Å². The highest BCUT2D eigenvalue weighted by molar-refractivity contribution is 9.10. The van der Waals surface area contributed by atoms with Gasteiger partial charge >= 0.3 is 0 Å². The molecule has 0 fully saturated rings. The Hall–Kier alpha value is -2.34. The molecule has 0 aliphatic heterocycles. The Morgan fingerprint density at radius 2 is 1.69 bits per heavy atom. The molecule has 0 aliphatic rings. The van der Waals surface area contributed by atoms with Gasteiger partial charge in [0, 0.05) is 18.3 Å². The van der Waals surface area contributed by atoms with Crippen molar-refractivity contribution in [1.82, 2.24) is 0 Å².